The Morgan fingerprint density at radius 1 is 1.39 bits per heavy atom. The van der Waals surface area contributed by atoms with Gasteiger partial charge in [0.05, 0.1) is 31.9 Å². The zero-order valence-corrected chi connectivity index (χ0v) is 10.0. The molecule has 1 aromatic rings. The number of aliphatic hydroxyl groups excluding tert-OH is 1. The molecule has 1 heterocycles. The summed E-state index contributed by atoms with van der Waals surface area (Å²) in [7, 11) is 0. The van der Waals surface area contributed by atoms with Crippen molar-refractivity contribution in [3.8, 4) is 0 Å². The second-order valence-corrected chi connectivity index (χ2v) is 4.43. The third-order valence-corrected chi connectivity index (χ3v) is 3.16. The molecule has 98 valence electrons. The highest BCUT2D eigenvalue weighted by Crippen LogP contribution is 2.21. The van der Waals surface area contributed by atoms with Gasteiger partial charge in [0.25, 0.3) is 0 Å². The number of rotatable bonds is 4. The normalized spacial score (nSPS) is 23.3. The summed E-state index contributed by atoms with van der Waals surface area (Å²) in [6.07, 6.45) is -0.589. The first-order chi connectivity index (χ1) is 8.70. The van der Waals surface area contributed by atoms with Crippen molar-refractivity contribution in [3.63, 3.8) is 0 Å². The first-order valence-electron chi connectivity index (χ1n) is 5.96. The molecule has 5 heteroatoms. The molecule has 1 aromatic carbocycles. The van der Waals surface area contributed by atoms with Crippen LogP contribution in [0.4, 0.5) is 4.79 Å². The van der Waals surface area contributed by atoms with Gasteiger partial charge >= 0.3 is 6.09 Å². The van der Waals surface area contributed by atoms with Gasteiger partial charge in [-0.25, -0.2) is 4.79 Å². The number of likely N-dealkylation sites (tertiary alicyclic amines) is 1. The van der Waals surface area contributed by atoms with Crippen molar-refractivity contribution in [2.24, 2.45) is 0 Å². The Morgan fingerprint density at radius 2 is 2.11 bits per heavy atom. The molecule has 0 unspecified atom stereocenters. The average Bonchev–Trinajstić information content (AvgIpc) is 2.81. The minimum atomic E-state index is -1.00. The molecule has 0 aliphatic carbocycles. The Labute approximate surface area is 106 Å². The van der Waals surface area contributed by atoms with E-state index in [1.54, 1.807) is 0 Å². The number of benzene rings is 1. The Balaban J connectivity index is 1.87. The largest absolute Gasteiger partial charge is 0.465 e. The van der Waals surface area contributed by atoms with Gasteiger partial charge in [0.15, 0.2) is 0 Å². The van der Waals surface area contributed by atoms with Gasteiger partial charge in [-0.2, -0.15) is 0 Å². The summed E-state index contributed by atoms with van der Waals surface area (Å²) in [6, 6.07) is 9.40. The number of hydrogen-bond donors (Lipinski definition) is 2. The maximum Gasteiger partial charge on any atom is 0.407 e. The molecule has 1 amide bonds. The molecule has 2 rings (SSSR count). The lowest BCUT2D eigenvalue weighted by Crippen LogP contribution is -2.36. The van der Waals surface area contributed by atoms with Gasteiger partial charge in [-0.1, -0.05) is 30.3 Å². The van der Waals surface area contributed by atoms with Crippen molar-refractivity contribution in [1.82, 2.24) is 4.90 Å². The van der Waals surface area contributed by atoms with E-state index in [-0.39, 0.29) is 18.8 Å². The number of hydrogen-bond acceptors (Lipinski definition) is 3. The van der Waals surface area contributed by atoms with Gasteiger partial charge in [0.2, 0.25) is 0 Å². The summed E-state index contributed by atoms with van der Waals surface area (Å²) in [5.74, 6) is 0. The minimum Gasteiger partial charge on any atom is -0.465 e. The van der Waals surface area contributed by atoms with Crippen molar-refractivity contribution < 1.29 is 19.7 Å². The van der Waals surface area contributed by atoms with Gasteiger partial charge < -0.3 is 19.8 Å². The summed E-state index contributed by atoms with van der Waals surface area (Å²) in [5.41, 5.74) is 1.06. The number of nitrogens with zero attached hydrogens (tertiary/aromatic N) is 1. The van der Waals surface area contributed by atoms with E-state index in [2.05, 4.69) is 0 Å². The fourth-order valence-electron chi connectivity index (χ4n) is 2.19. The Kier molecular flexibility index (Phi) is 4.17. The maximum absolute atomic E-state index is 10.9. The van der Waals surface area contributed by atoms with E-state index < -0.39 is 6.09 Å². The van der Waals surface area contributed by atoms with Crippen LogP contribution in [0, 0.1) is 0 Å². The van der Waals surface area contributed by atoms with Gasteiger partial charge in [-0.3, -0.25) is 0 Å². The molecule has 0 spiro atoms. The monoisotopic (exact) mass is 251 g/mol. The number of aliphatic hydroxyl groups is 1. The SMILES string of the molecule is O=C(O)N1C[C@@H](OCc2ccccc2)C[C@@H]1CO. The summed E-state index contributed by atoms with van der Waals surface area (Å²) in [6.45, 7) is 0.641. The molecule has 1 aliphatic rings. The molecule has 5 nitrogen and oxygen atoms in total. The van der Waals surface area contributed by atoms with Crippen LogP contribution in [0.25, 0.3) is 0 Å². The third kappa shape index (κ3) is 3.00. The second-order valence-electron chi connectivity index (χ2n) is 4.43. The molecular formula is C13H17NO4. The van der Waals surface area contributed by atoms with Crippen LogP contribution in [-0.4, -0.2) is 46.5 Å². The van der Waals surface area contributed by atoms with Gasteiger partial charge in [-0.05, 0) is 12.0 Å². The molecule has 0 radical (unpaired) electrons. The van der Waals surface area contributed by atoms with E-state index >= 15 is 0 Å². The summed E-state index contributed by atoms with van der Waals surface area (Å²) < 4.78 is 5.69. The van der Waals surface area contributed by atoms with E-state index in [0.29, 0.717) is 19.6 Å². The van der Waals surface area contributed by atoms with E-state index in [9.17, 15) is 4.79 Å². The Hall–Kier alpha value is -1.59. The zero-order valence-electron chi connectivity index (χ0n) is 10.0. The van der Waals surface area contributed by atoms with Crippen molar-refractivity contribution in [3.05, 3.63) is 35.9 Å². The predicted molar refractivity (Wildman–Crippen MR) is 65.2 cm³/mol. The van der Waals surface area contributed by atoms with E-state index in [4.69, 9.17) is 14.9 Å². The zero-order chi connectivity index (χ0) is 13.0. The average molecular weight is 251 g/mol. The van der Waals surface area contributed by atoms with Crippen molar-refractivity contribution >= 4 is 6.09 Å². The lowest BCUT2D eigenvalue weighted by atomic mass is 10.2. The molecule has 18 heavy (non-hydrogen) atoms. The van der Waals surface area contributed by atoms with E-state index in [1.165, 1.54) is 4.90 Å². The Bertz CT molecular complexity index is 395. The highest BCUT2D eigenvalue weighted by Gasteiger charge is 2.35. The molecule has 2 atom stereocenters. The minimum absolute atomic E-state index is 0.140. The standard InChI is InChI=1S/C13H17NO4/c15-8-11-6-12(7-14(11)13(16)17)18-9-10-4-2-1-3-5-10/h1-5,11-12,15H,6-9H2,(H,16,17)/t11-,12+/m1/s1. The van der Waals surface area contributed by atoms with Crippen LogP contribution < -0.4 is 0 Å². The molecular weight excluding hydrogens is 234 g/mol. The topological polar surface area (TPSA) is 70.0 Å². The summed E-state index contributed by atoms with van der Waals surface area (Å²) in [4.78, 5) is 12.2. The first kappa shape index (κ1) is 12.9. The molecule has 0 aromatic heterocycles. The van der Waals surface area contributed by atoms with Crippen LogP contribution in [0.1, 0.15) is 12.0 Å². The molecule has 1 fully saturated rings. The van der Waals surface area contributed by atoms with E-state index in [1.807, 2.05) is 30.3 Å². The molecule has 1 saturated heterocycles. The molecule has 2 N–H and O–H groups in total. The van der Waals surface area contributed by atoms with Crippen LogP contribution in [0.2, 0.25) is 0 Å². The quantitative estimate of drug-likeness (QED) is 0.846. The summed E-state index contributed by atoms with van der Waals surface area (Å²) in [5, 5.41) is 18.1. The third-order valence-electron chi connectivity index (χ3n) is 3.16. The van der Waals surface area contributed by atoms with Crippen LogP contribution in [0.3, 0.4) is 0 Å². The molecule has 0 bridgehead atoms. The fraction of sp³-hybridized carbons (Fsp3) is 0.462. The smallest absolute Gasteiger partial charge is 0.407 e. The lowest BCUT2D eigenvalue weighted by molar-refractivity contribution is 0.0464. The van der Waals surface area contributed by atoms with Crippen LogP contribution in [0.15, 0.2) is 30.3 Å². The summed E-state index contributed by atoms with van der Waals surface area (Å²) >= 11 is 0. The predicted octanol–water partition coefficient (Wildman–Crippen LogP) is 1.32. The van der Waals surface area contributed by atoms with Crippen molar-refractivity contribution in [2.45, 2.75) is 25.2 Å². The van der Waals surface area contributed by atoms with Crippen molar-refractivity contribution in [1.29, 1.82) is 0 Å². The second kappa shape index (κ2) is 5.84. The number of carboxylic acid groups (broad SMARTS) is 1. The Morgan fingerprint density at radius 3 is 2.67 bits per heavy atom. The first-order valence-corrected chi connectivity index (χ1v) is 5.96. The van der Waals surface area contributed by atoms with Gasteiger partial charge in [0, 0.05) is 0 Å². The maximum atomic E-state index is 10.9. The van der Waals surface area contributed by atoms with Gasteiger partial charge in [0.1, 0.15) is 0 Å². The highest BCUT2D eigenvalue weighted by molar-refractivity contribution is 5.66. The van der Waals surface area contributed by atoms with Crippen LogP contribution >= 0.6 is 0 Å². The fourth-order valence-corrected chi connectivity index (χ4v) is 2.19. The number of ether oxygens (including phenoxy) is 1. The number of amides is 1. The molecule has 1 aliphatic heterocycles. The van der Waals surface area contributed by atoms with E-state index in [0.717, 1.165) is 5.56 Å². The van der Waals surface area contributed by atoms with Crippen molar-refractivity contribution in [2.75, 3.05) is 13.2 Å². The van der Waals surface area contributed by atoms with Crippen LogP contribution in [-0.2, 0) is 11.3 Å². The van der Waals surface area contributed by atoms with Gasteiger partial charge in [-0.15, -0.1) is 0 Å². The van der Waals surface area contributed by atoms with Crippen LogP contribution in [0.5, 0.6) is 0 Å². The lowest BCUT2D eigenvalue weighted by Gasteiger charge is -2.18. The number of carbonyl (C=O) groups is 1. The highest BCUT2D eigenvalue weighted by atomic mass is 16.5. The molecule has 0 saturated carbocycles.